The molecular weight excluding hydrogens is 306 g/mol. The zero-order valence-corrected chi connectivity index (χ0v) is 15.8. The first kappa shape index (κ1) is 17.9. The molecule has 4 heteroatoms. The Labute approximate surface area is 143 Å². The van der Waals surface area contributed by atoms with Gasteiger partial charge in [0.05, 0.1) is 12.4 Å². The average Bonchev–Trinajstić information content (AvgIpc) is 2.88. The van der Waals surface area contributed by atoms with E-state index in [0.29, 0.717) is 17.9 Å². The van der Waals surface area contributed by atoms with E-state index in [-0.39, 0.29) is 16.6 Å². The maximum atomic E-state index is 12.7. The average molecular weight is 333 g/mol. The van der Waals surface area contributed by atoms with Crippen LogP contribution in [0, 0.1) is 0 Å². The molecule has 23 heavy (non-hydrogen) atoms. The standard InChI is InChI=1S/C19H27NO2S/c1-18(2,3)14-9-13(10-15(17(14)22)19(4,5)6)16(21)11-20-7-8-23-12-20/h7-10,22H,11-12H2,1-6H3. The first-order valence-electron chi connectivity index (χ1n) is 7.93. The highest BCUT2D eigenvalue weighted by molar-refractivity contribution is 8.02. The fourth-order valence-corrected chi connectivity index (χ4v) is 3.34. The fraction of sp³-hybridized carbons (Fsp3) is 0.526. The molecule has 1 aromatic rings. The summed E-state index contributed by atoms with van der Waals surface area (Å²) in [5.74, 6) is 1.23. The molecule has 1 aliphatic rings. The van der Waals surface area contributed by atoms with Crippen molar-refractivity contribution < 1.29 is 9.90 Å². The Bertz CT molecular complexity index is 601. The third kappa shape index (κ3) is 4.11. The largest absolute Gasteiger partial charge is 0.507 e. The highest BCUT2D eigenvalue weighted by atomic mass is 32.2. The van der Waals surface area contributed by atoms with Crippen LogP contribution in [0.5, 0.6) is 5.75 Å². The minimum Gasteiger partial charge on any atom is -0.507 e. The van der Waals surface area contributed by atoms with Crippen LogP contribution in [-0.4, -0.2) is 28.2 Å². The van der Waals surface area contributed by atoms with E-state index in [1.807, 2.05) is 28.6 Å². The predicted octanol–water partition coefficient (Wildman–Crippen LogP) is 4.65. The van der Waals surface area contributed by atoms with Crippen molar-refractivity contribution >= 4 is 17.5 Å². The second-order valence-corrected chi connectivity index (χ2v) is 9.03. The normalized spacial score (nSPS) is 15.3. The molecule has 0 aliphatic carbocycles. The summed E-state index contributed by atoms with van der Waals surface area (Å²) < 4.78 is 0. The van der Waals surface area contributed by atoms with Gasteiger partial charge in [0.15, 0.2) is 5.78 Å². The van der Waals surface area contributed by atoms with Gasteiger partial charge in [0.1, 0.15) is 5.75 Å². The van der Waals surface area contributed by atoms with Gasteiger partial charge in [-0.3, -0.25) is 4.79 Å². The van der Waals surface area contributed by atoms with Crippen molar-refractivity contribution in [1.29, 1.82) is 0 Å². The minimum atomic E-state index is -0.218. The highest BCUT2D eigenvalue weighted by Crippen LogP contribution is 2.39. The first-order chi connectivity index (χ1) is 10.5. The molecule has 0 radical (unpaired) electrons. The highest BCUT2D eigenvalue weighted by Gasteiger charge is 2.28. The van der Waals surface area contributed by atoms with Crippen molar-refractivity contribution in [3.63, 3.8) is 0 Å². The number of phenolic OH excluding ortho intramolecular Hbond substituents is 1. The summed E-state index contributed by atoms with van der Waals surface area (Å²) in [6, 6.07) is 3.72. The zero-order chi connectivity index (χ0) is 17.4. The Morgan fingerprint density at radius 1 is 1.13 bits per heavy atom. The maximum Gasteiger partial charge on any atom is 0.182 e. The summed E-state index contributed by atoms with van der Waals surface area (Å²) in [7, 11) is 0. The number of rotatable bonds is 3. The van der Waals surface area contributed by atoms with Crippen LogP contribution in [0.25, 0.3) is 0 Å². The summed E-state index contributed by atoms with van der Waals surface area (Å²) in [6.45, 7) is 12.7. The molecule has 1 aromatic carbocycles. The van der Waals surface area contributed by atoms with Crippen molar-refractivity contribution in [1.82, 2.24) is 4.90 Å². The Morgan fingerprint density at radius 2 is 1.65 bits per heavy atom. The second-order valence-electron chi connectivity index (χ2n) is 8.17. The van der Waals surface area contributed by atoms with Crippen LogP contribution in [0.15, 0.2) is 23.7 Å². The SMILES string of the molecule is CC(C)(C)c1cc(C(=O)CN2C=CSC2)cc(C(C)(C)C)c1O. The monoisotopic (exact) mass is 333 g/mol. The van der Waals surface area contributed by atoms with Crippen molar-refractivity contribution in [3.8, 4) is 5.75 Å². The zero-order valence-electron chi connectivity index (χ0n) is 14.9. The molecule has 1 N–H and O–H groups in total. The van der Waals surface area contributed by atoms with Crippen molar-refractivity contribution in [3.05, 3.63) is 40.4 Å². The number of thioether (sulfide) groups is 1. The number of benzene rings is 1. The molecule has 126 valence electrons. The van der Waals surface area contributed by atoms with Gasteiger partial charge in [0.2, 0.25) is 0 Å². The number of hydrogen-bond donors (Lipinski definition) is 1. The lowest BCUT2D eigenvalue weighted by Crippen LogP contribution is -2.24. The number of ketones is 1. The number of phenols is 1. The molecule has 0 bridgehead atoms. The van der Waals surface area contributed by atoms with Crippen LogP contribution in [-0.2, 0) is 10.8 Å². The van der Waals surface area contributed by atoms with E-state index in [9.17, 15) is 9.90 Å². The summed E-state index contributed by atoms with van der Waals surface area (Å²) in [6.07, 6.45) is 1.96. The molecule has 0 spiro atoms. The van der Waals surface area contributed by atoms with E-state index in [2.05, 4.69) is 41.5 Å². The van der Waals surface area contributed by atoms with Crippen LogP contribution >= 0.6 is 11.8 Å². The van der Waals surface area contributed by atoms with Crippen LogP contribution < -0.4 is 0 Å². The van der Waals surface area contributed by atoms with Gasteiger partial charge in [-0.05, 0) is 28.4 Å². The van der Waals surface area contributed by atoms with Gasteiger partial charge in [-0.2, -0.15) is 0 Å². The lowest BCUT2D eigenvalue weighted by Gasteiger charge is -2.28. The molecule has 0 amide bonds. The molecule has 2 rings (SSSR count). The molecule has 0 saturated carbocycles. The van der Waals surface area contributed by atoms with Gasteiger partial charge >= 0.3 is 0 Å². The lowest BCUT2D eigenvalue weighted by molar-refractivity contribution is 0.0963. The number of carbonyl (C=O) groups is 1. The van der Waals surface area contributed by atoms with E-state index in [0.717, 1.165) is 17.0 Å². The number of nitrogens with zero attached hydrogens (tertiary/aromatic N) is 1. The van der Waals surface area contributed by atoms with E-state index in [1.54, 1.807) is 11.8 Å². The third-order valence-corrected chi connectivity index (χ3v) is 4.80. The van der Waals surface area contributed by atoms with Crippen LogP contribution in [0.1, 0.15) is 63.0 Å². The predicted molar refractivity (Wildman–Crippen MR) is 98.1 cm³/mol. The van der Waals surface area contributed by atoms with Crippen LogP contribution in [0.4, 0.5) is 0 Å². The summed E-state index contributed by atoms with van der Waals surface area (Å²) >= 11 is 1.69. The Hall–Kier alpha value is -1.42. The molecule has 1 aliphatic heterocycles. The Balaban J connectivity index is 2.46. The lowest BCUT2D eigenvalue weighted by atomic mass is 9.78. The molecule has 0 atom stereocenters. The third-order valence-electron chi connectivity index (χ3n) is 4.00. The van der Waals surface area contributed by atoms with Crippen LogP contribution in [0.3, 0.4) is 0 Å². The molecule has 0 fully saturated rings. The number of hydrogen-bond acceptors (Lipinski definition) is 4. The van der Waals surface area contributed by atoms with E-state index in [1.165, 1.54) is 0 Å². The smallest absolute Gasteiger partial charge is 0.182 e. The van der Waals surface area contributed by atoms with Crippen molar-refractivity contribution in [2.75, 3.05) is 12.4 Å². The quantitative estimate of drug-likeness (QED) is 0.818. The van der Waals surface area contributed by atoms with E-state index < -0.39 is 0 Å². The van der Waals surface area contributed by atoms with Gasteiger partial charge in [0, 0.05) is 22.9 Å². The summed E-state index contributed by atoms with van der Waals surface area (Å²) in [5, 5.41) is 12.7. The van der Waals surface area contributed by atoms with Crippen molar-refractivity contribution in [2.24, 2.45) is 0 Å². The minimum absolute atomic E-state index is 0.0909. The van der Waals surface area contributed by atoms with Gasteiger partial charge in [-0.25, -0.2) is 0 Å². The van der Waals surface area contributed by atoms with Crippen LogP contribution in [0.2, 0.25) is 0 Å². The number of Topliss-reactive ketones (excluding diaryl/α,β-unsaturated/α-hetero) is 1. The number of aromatic hydroxyl groups is 1. The fourth-order valence-electron chi connectivity index (χ4n) is 2.62. The molecule has 0 saturated heterocycles. The van der Waals surface area contributed by atoms with Gasteiger partial charge in [0.25, 0.3) is 0 Å². The van der Waals surface area contributed by atoms with E-state index >= 15 is 0 Å². The second kappa shape index (κ2) is 6.23. The van der Waals surface area contributed by atoms with Gasteiger partial charge in [-0.15, -0.1) is 11.8 Å². The molecular formula is C19H27NO2S. The Morgan fingerprint density at radius 3 is 2.04 bits per heavy atom. The topological polar surface area (TPSA) is 40.5 Å². The van der Waals surface area contributed by atoms with E-state index in [4.69, 9.17) is 0 Å². The van der Waals surface area contributed by atoms with Gasteiger partial charge in [-0.1, -0.05) is 41.5 Å². The molecule has 3 nitrogen and oxygen atoms in total. The Kier molecular flexibility index (Phi) is 4.86. The molecule has 1 heterocycles. The summed E-state index contributed by atoms with van der Waals surface area (Å²) in [5.41, 5.74) is 1.91. The van der Waals surface area contributed by atoms with Crippen molar-refractivity contribution in [2.45, 2.75) is 52.4 Å². The summed E-state index contributed by atoms with van der Waals surface area (Å²) in [4.78, 5) is 14.7. The number of carbonyl (C=O) groups excluding carboxylic acids is 1. The molecule has 0 unspecified atom stereocenters. The maximum absolute atomic E-state index is 12.7. The van der Waals surface area contributed by atoms with Gasteiger partial charge < -0.3 is 10.0 Å². The molecule has 0 aromatic heterocycles. The first-order valence-corrected chi connectivity index (χ1v) is 8.98.